The largest absolute Gasteiger partial charge is 0.465 e. The molecule has 0 spiro atoms. The van der Waals surface area contributed by atoms with Gasteiger partial charge in [0.05, 0.1) is 12.6 Å². The van der Waals surface area contributed by atoms with E-state index in [1.807, 2.05) is 13.8 Å². The minimum Gasteiger partial charge on any atom is -0.465 e. The van der Waals surface area contributed by atoms with Crippen LogP contribution in [0.4, 0.5) is 0 Å². The van der Waals surface area contributed by atoms with Crippen molar-refractivity contribution in [2.75, 3.05) is 6.61 Å². The van der Waals surface area contributed by atoms with E-state index in [2.05, 4.69) is 30.6 Å². The lowest BCUT2D eigenvalue weighted by molar-refractivity contribution is -0.145. The van der Waals surface area contributed by atoms with Crippen molar-refractivity contribution in [3.8, 4) is 0 Å². The van der Waals surface area contributed by atoms with Crippen LogP contribution in [-0.2, 0) is 14.3 Å². The first-order valence-electron chi connectivity index (χ1n) is 7.21. The number of thiophene rings is 1. The van der Waals surface area contributed by atoms with Crippen molar-refractivity contribution in [2.24, 2.45) is 5.41 Å². The third-order valence-corrected chi connectivity index (χ3v) is 4.08. The maximum Gasteiger partial charge on any atom is 0.302 e. The van der Waals surface area contributed by atoms with Gasteiger partial charge < -0.3 is 10.1 Å². The molecule has 0 saturated heterocycles. The third kappa shape index (κ3) is 6.29. The second-order valence-corrected chi connectivity index (χ2v) is 7.26. The van der Waals surface area contributed by atoms with Crippen LogP contribution in [0.5, 0.6) is 0 Å². The van der Waals surface area contributed by atoms with E-state index in [-0.39, 0.29) is 29.9 Å². The predicted molar refractivity (Wildman–Crippen MR) is 85.3 cm³/mol. The lowest BCUT2D eigenvalue weighted by Crippen LogP contribution is -2.33. The summed E-state index contributed by atoms with van der Waals surface area (Å²) >= 11 is 1.69. The Hall–Kier alpha value is -1.36. The summed E-state index contributed by atoms with van der Waals surface area (Å²) in [5.74, 6) is -0.327. The molecule has 0 aromatic carbocycles. The molecule has 0 saturated carbocycles. The summed E-state index contributed by atoms with van der Waals surface area (Å²) in [6.07, 6.45) is 1.19. The van der Waals surface area contributed by atoms with E-state index < -0.39 is 0 Å². The molecule has 1 aromatic rings. The molecule has 4 nitrogen and oxygen atoms in total. The van der Waals surface area contributed by atoms with Crippen molar-refractivity contribution in [1.82, 2.24) is 5.32 Å². The van der Waals surface area contributed by atoms with E-state index in [4.69, 9.17) is 4.74 Å². The van der Waals surface area contributed by atoms with Gasteiger partial charge in [-0.05, 0) is 30.4 Å². The van der Waals surface area contributed by atoms with E-state index in [9.17, 15) is 9.59 Å². The Morgan fingerprint density at radius 2 is 2.10 bits per heavy atom. The summed E-state index contributed by atoms with van der Waals surface area (Å²) < 4.78 is 5.01. The van der Waals surface area contributed by atoms with Crippen molar-refractivity contribution >= 4 is 23.2 Å². The highest BCUT2D eigenvalue weighted by atomic mass is 32.1. The molecule has 0 bridgehead atoms. The van der Waals surface area contributed by atoms with Gasteiger partial charge in [-0.15, -0.1) is 11.3 Å². The number of hydrogen-bond donors (Lipinski definition) is 1. The number of carbonyl (C=O) groups is 2. The van der Waals surface area contributed by atoms with Gasteiger partial charge >= 0.3 is 5.97 Å². The summed E-state index contributed by atoms with van der Waals surface area (Å²) in [4.78, 5) is 24.3. The van der Waals surface area contributed by atoms with Gasteiger partial charge in [0.25, 0.3) is 0 Å². The van der Waals surface area contributed by atoms with Crippen LogP contribution in [0.3, 0.4) is 0 Å². The fourth-order valence-corrected chi connectivity index (χ4v) is 2.85. The third-order valence-electron chi connectivity index (χ3n) is 3.20. The highest BCUT2D eigenvalue weighted by molar-refractivity contribution is 7.10. The zero-order chi connectivity index (χ0) is 16.0. The van der Waals surface area contributed by atoms with Crippen LogP contribution < -0.4 is 5.32 Å². The number of hydrogen-bond acceptors (Lipinski definition) is 4. The summed E-state index contributed by atoms with van der Waals surface area (Å²) in [5.41, 5.74) is 0.796. The van der Waals surface area contributed by atoms with E-state index >= 15 is 0 Å². The van der Waals surface area contributed by atoms with Crippen LogP contribution in [-0.4, -0.2) is 18.5 Å². The van der Waals surface area contributed by atoms with Crippen LogP contribution in [0.1, 0.15) is 57.0 Å². The number of rotatable bonds is 7. The first kappa shape index (κ1) is 17.7. The fraction of sp³-hybridized carbons (Fsp3) is 0.625. The molecule has 1 aromatic heterocycles. The molecular formula is C16H25NO3S. The molecular weight excluding hydrogens is 286 g/mol. The molecule has 0 aliphatic carbocycles. The normalized spacial score (nSPS) is 12.8. The van der Waals surface area contributed by atoms with Gasteiger partial charge in [0.2, 0.25) is 5.91 Å². The smallest absolute Gasteiger partial charge is 0.302 e. The number of nitrogens with one attached hydrogen (secondary N) is 1. The highest BCUT2D eigenvalue weighted by Gasteiger charge is 2.25. The standard InChI is InChI=1S/C16H25NO3S/c1-6-14(13-7-11(2)21-9-13)17-15(19)8-16(4,5)10-20-12(3)18/h7,9,14H,6,8,10H2,1-5H3,(H,17,19). The Labute approximate surface area is 130 Å². The lowest BCUT2D eigenvalue weighted by atomic mass is 9.89. The Morgan fingerprint density at radius 1 is 1.43 bits per heavy atom. The van der Waals surface area contributed by atoms with E-state index in [1.165, 1.54) is 11.8 Å². The average molecular weight is 311 g/mol. The van der Waals surface area contributed by atoms with Crippen LogP contribution >= 0.6 is 11.3 Å². The second kappa shape index (κ2) is 7.59. The van der Waals surface area contributed by atoms with E-state index in [0.717, 1.165) is 12.0 Å². The molecule has 1 atom stereocenters. The quantitative estimate of drug-likeness (QED) is 0.783. The van der Waals surface area contributed by atoms with Gasteiger partial charge in [0, 0.05) is 23.6 Å². The van der Waals surface area contributed by atoms with Crippen LogP contribution in [0.2, 0.25) is 0 Å². The zero-order valence-electron chi connectivity index (χ0n) is 13.5. The van der Waals surface area contributed by atoms with Gasteiger partial charge in [-0.1, -0.05) is 20.8 Å². The van der Waals surface area contributed by atoms with Crippen molar-refractivity contribution in [3.63, 3.8) is 0 Å². The Morgan fingerprint density at radius 3 is 2.57 bits per heavy atom. The minimum absolute atomic E-state index is 0.0112. The van der Waals surface area contributed by atoms with Crippen LogP contribution in [0, 0.1) is 12.3 Å². The SMILES string of the molecule is CCC(NC(=O)CC(C)(C)COC(C)=O)c1csc(C)c1. The summed E-state index contributed by atoms with van der Waals surface area (Å²) in [5, 5.41) is 5.16. The summed E-state index contributed by atoms with van der Waals surface area (Å²) in [6.45, 7) is 9.59. The predicted octanol–water partition coefficient (Wildman–Crippen LogP) is 3.60. The van der Waals surface area contributed by atoms with Gasteiger partial charge in [-0.3, -0.25) is 9.59 Å². The number of ether oxygens (including phenoxy) is 1. The first-order chi connectivity index (χ1) is 9.73. The average Bonchev–Trinajstić information content (AvgIpc) is 2.79. The van der Waals surface area contributed by atoms with Crippen molar-refractivity contribution in [1.29, 1.82) is 0 Å². The second-order valence-electron chi connectivity index (χ2n) is 6.14. The molecule has 1 rings (SSSR count). The minimum atomic E-state index is -0.362. The number of carbonyl (C=O) groups excluding carboxylic acids is 2. The lowest BCUT2D eigenvalue weighted by Gasteiger charge is -2.25. The number of aryl methyl sites for hydroxylation is 1. The fourth-order valence-electron chi connectivity index (χ4n) is 2.10. The molecule has 1 amide bonds. The molecule has 0 radical (unpaired) electrons. The summed E-state index contributed by atoms with van der Waals surface area (Å²) in [7, 11) is 0. The Balaban J connectivity index is 2.56. The van der Waals surface area contributed by atoms with Gasteiger partial charge in [-0.2, -0.15) is 0 Å². The van der Waals surface area contributed by atoms with Crippen molar-refractivity contribution < 1.29 is 14.3 Å². The number of amides is 1. The van der Waals surface area contributed by atoms with Gasteiger partial charge in [-0.25, -0.2) is 0 Å². The molecule has 1 heterocycles. The molecule has 21 heavy (non-hydrogen) atoms. The van der Waals surface area contributed by atoms with Gasteiger partial charge in [0.1, 0.15) is 0 Å². The first-order valence-corrected chi connectivity index (χ1v) is 8.09. The molecule has 5 heteroatoms. The van der Waals surface area contributed by atoms with Crippen molar-refractivity contribution in [2.45, 2.75) is 53.5 Å². The maximum atomic E-state index is 12.2. The molecule has 0 aliphatic rings. The number of esters is 1. The monoisotopic (exact) mass is 311 g/mol. The topological polar surface area (TPSA) is 55.4 Å². The Kier molecular flexibility index (Phi) is 6.40. The van der Waals surface area contributed by atoms with Crippen LogP contribution in [0.25, 0.3) is 0 Å². The van der Waals surface area contributed by atoms with Gasteiger partial charge in [0.15, 0.2) is 0 Å². The summed E-state index contributed by atoms with van der Waals surface area (Å²) in [6, 6.07) is 2.16. The highest BCUT2D eigenvalue weighted by Crippen LogP contribution is 2.25. The molecule has 0 fully saturated rings. The van der Waals surface area contributed by atoms with E-state index in [0.29, 0.717) is 6.42 Å². The maximum absolute atomic E-state index is 12.2. The Bertz CT molecular complexity index is 493. The molecule has 1 N–H and O–H groups in total. The van der Waals surface area contributed by atoms with Crippen LogP contribution in [0.15, 0.2) is 11.4 Å². The van der Waals surface area contributed by atoms with E-state index in [1.54, 1.807) is 11.3 Å². The zero-order valence-corrected chi connectivity index (χ0v) is 14.3. The molecule has 0 aliphatic heterocycles. The van der Waals surface area contributed by atoms with Crippen molar-refractivity contribution in [3.05, 3.63) is 21.9 Å². The molecule has 1 unspecified atom stereocenters. The molecule has 118 valence electrons.